The van der Waals surface area contributed by atoms with E-state index >= 15 is 0 Å². The molecule has 9 rings (SSSR count). The maximum absolute atomic E-state index is 14.7. The highest BCUT2D eigenvalue weighted by atomic mass is 16.5. The number of amides is 4. The molecule has 6 heterocycles. The lowest BCUT2D eigenvalue weighted by Gasteiger charge is -2.48. The maximum atomic E-state index is 14.7. The third-order valence-corrected chi connectivity index (χ3v) is 14.7. The molecule has 1 spiro atoms. The van der Waals surface area contributed by atoms with Gasteiger partial charge in [-0.05, 0) is 77.3 Å². The Balaban J connectivity index is 1.08. The second-order valence-corrected chi connectivity index (χ2v) is 19.5. The van der Waals surface area contributed by atoms with Crippen LogP contribution in [0, 0.1) is 22.7 Å². The van der Waals surface area contributed by atoms with Crippen LogP contribution in [0.4, 0.5) is 5.69 Å². The number of carbonyl (C=O) groups excluding carboxylic acids is 5. The van der Waals surface area contributed by atoms with Crippen LogP contribution in [0.2, 0.25) is 0 Å². The molecule has 4 amide bonds. The van der Waals surface area contributed by atoms with Crippen molar-refractivity contribution in [3.8, 4) is 11.1 Å². The lowest BCUT2D eigenvalue weighted by atomic mass is 9.61. The highest BCUT2D eigenvalue weighted by Crippen LogP contribution is 2.63. The van der Waals surface area contributed by atoms with E-state index in [0.29, 0.717) is 45.4 Å². The molecule has 1 aliphatic carbocycles. The zero-order valence-electron chi connectivity index (χ0n) is 37.1. The number of nitrogens with zero attached hydrogens (tertiary/aromatic N) is 5. The largest absolute Gasteiger partial charge is 0.464 e. The predicted molar refractivity (Wildman–Crippen MR) is 236 cm³/mol. The van der Waals surface area contributed by atoms with Gasteiger partial charge in [0.25, 0.3) is 5.91 Å². The van der Waals surface area contributed by atoms with Crippen LogP contribution in [-0.4, -0.2) is 114 Å². The first kappa shape index (κ1) is 42.7. The van der Waals surface area contributed by atoms with Crippen LogP contribution >= 0.6 is 0 Å². The van der Waals surface area contributed by atoms with Crippen LogP contribution in [0.1, 0.15) is 87.4 Å². The Morgan fingerprint density at radius 2 is 1.81 bits per heavy atom. The van der Waals surface area contributed by atoms with Crippen molar-refractivity contribution in [1.29, 1.82) is 0 Å². The highest BCUT2D eigenvalue weighted by molar-refractivity contribution is 5.97. The van der Waals surface area contributed by atoms with Crippen molar-refractivity contribution in [2.75, 3.05) is 51.8 Å². The van der Waals surface area contributed by atoms with Crippen molar-refractivity contribution in [3.05, 3.63) is 95.8 Å². The number of nitrogens with one attached hydrogen (secondary N) is 2. The maximum Gasteiger partial charge on any atom is 0.324 e. The van der Waals surface area contributed by atoms with E-state index in [2.05, 4.69) is 79.5 Å². The number of benzene rings is 2. The summed E-state index contributed by atoms with van der Waals surface area (Å²) in [5.41, 5.74) is 9.01. The van der Waals surface area contributed by atoms with Gasteiger partial charge in [-0.25, -0.2) is 5.43 Å². The summed E-state index contributed by atoms with van der Waals surface area (Å²) in [7, 11) is 3.86. The smallest absolute Gasteiger partial charge is 0.324 e. The van der Waals surface area contributed by atoms with Crippen molar-refractivity contribution in [2.45, 2.75) is 89.6 Å². The van der Waals surface area contributed by atoms with Crippen LogP contribution < -0.4 is 15.6 Å². The minimum Gasteiger partial charge on any atom is -0.464 e. The first-order valence-electron chi connectivity index (χ1n) is 22.4. The van der Waals surface area contributed by atoms with Crippen LogP contribution in [0.5, 0.6) is 0 Å². The Hall–Kier alpha value is -5.60. The zero-order valence-corrected chi connectivity index (χ0v) is 37.1. The van der Waals surface area contributed by atoms with Gasteiger partial charge >= 0.3 is 5.97 Å². The molecule has 6 bridgehead atoms. The minimum atomic E-state index is -1.03. The summed E-state index contributed by atoms with van der Waals surface area (Å²) in [5.74, 6) is -2.05. The fourth-order valence-corrected chi connectivity index (χ4v) is 11.6. The number of carbonyl (C=O) groups is 5. The Morgan fingerprint density at radius 1 is 1.03 bits per heavy atom. The van der Waals surface area contributed by atoms with Crippen molar-refractivity contribution in [2.24, 2.45) is 22.7 Å². The van der Waals surface area contributed by atoms with E-state index in [1.807, 2.05) is 38.2 Å². The molecule has 1 aromatic heterocycles. The van der Waals surface area contributed by atoms with Gasteiger partial charge in [-0.2, -0.15) is 0 Å². The normalized spacial score (nSPS) is 27.6. The molecule has 2 N–H and O–H groups in total. The molecular weight excluding hydrogens is 799 g/mol. The zero-order chi connectivity index (χ0) is 44.5. The molecule has 0 saturated carbocycles. The highest BCUT2D eigenvalue weighted by Gasteiger charge is 2.58. The van der Waals surface area contributed by atoms with E-state index in [9.17, 15) is 24.0 Å². The van der Waals surface area contributed by atoms with Gasteiger partial charge in [0, 0.05) is 75.9 Å². The number of cyclic esters (lactones) is 1. The number of anilines is 1. The van der Waals surface area contributed by atoms with E-state index in [0.717, 1.165) is 33.6 Å². The molecule has 3 fully saturated rings. The molecule has 2 aromatic carbocycles. The summed E-state index contributed by atoms with van der Waals surface area (Å²) in [4.78, 5) is 80.1. The fraction of sp³-hybridized carbons (Fsp3) is 0.510. The van der Waals surface area contributed by atoms with Gasteiger partial charge in [0.15, 0.2) is 0 Å². The molecule has 3 saturated heterocycles. The van der Waals surface area contributed by atoms with E-state index in [1.54, 1.807) is 16.9 Å². The number of hydrazine groups is 1. The SMILES string of the molecule is C=CC(=O)N1CC2(CCN([C@H](C(=O)N[C@H]3Cc4cccc(c4)-c4ccc5c(c4)C4C(c6cccnc6[C@@H](OC)C4C(C)(C)COC(=O)[C@@H]4CCCN(N4)C3=O)N5C)C(C)C)C2=O)C1. The molecule has 3 unspecified atom stereocenters. The number of likely N-dealkylation sites (tertiary alicyclic amines) is 2. The quantitative estimate of drug-likeness (QED) is 0.263. The molecular formula is C49H59N7O7. The minimum absolute atomic E-state index is 0.0212. The molecule has 7 atom stereocenters. The number of pyridine rings is 1. The number of rotatable bonds is 6. The first-order valence-corrected chi connectivity index (χ1v) is 22.4. The average molecular weight is 858 g/mol. The fourth-order valence-electron chi connectivity index (χ4n) is 11.6. The van der Waals surface area contributed by atoms with Crippen LogP contribution in [0.25, 0.3) is 11.1 Å². The second-order valence-electron chi connectivity index (χ2n) is 19.5. The molecule has 3 aromatic rings. The standard InChI is InChI=1S/C49H59N7O7/c1-8-37(57)54-25-49(26-54)18-21-55(47(49)61)41(28(2)3)44(58)51-35-23-29-12-9-13-30(22-29)31-16-17-36-33(24-31)38-39(43(62-7)40-32(14-10-19-50-40)42(38)53(36)6)48(4,5)27-63-46(60)34-15-11-20-56(52-34)45(35)59/h8-10,12-14,16-17,19,22,24,28,34-35,38-39,41-43,52H,1,11,15,18,20-21,23,25-27H2,2-7H3,(H,51,58)/t34-,35-,38?,39?,41-,42?,43-/m0/s1. The van der Waals surface area contributed by atoms with E-state index in [4.69, 9.17) is 14.5 Å². The van der Waals surface area contributed by atoms with E-state index < -0.39 is 40.8 Å². The summed E-state index contributed by atoms with van der Waals surface area (Å²) in [6, 6.07) is 16.1. The molecule has 5 aliphatic heterocycles. The number of aromatic nitrogens is 1. The van der Waals surface area contributed by atoms with Crippen LogP contribution in [-0.2, 0) is 39.9 Å². The molecule has 14 heteroatoms. The number of esters is 1. The van der Waals surface area contributed by atoms with Crippen LogP contribution in [0.3, 0.4) is 0 Å². The number of hydrogen-bond donors (Lipinski definition) is 2. The summed E-state index contributed by atoms with van der Waals surface area (Å²) in [6.07, 6.45) is 4.42. The predicted octanol–water partition coefficient (Wildman–Crippen LogP) is 4.72. The summed E-state index contributed by atoms with van der Waals surface area (Å²) >= 11 is 0. The number of hydrogen-bond acceptors (Lipinski definition) is 10. The Morgan fingerprint density at radius 3 is 2.56 bits per heavy atom. The third kappa shape index (κ3) is 7.19. The van der Waals surface area contributed by atoms with Gasteiger partial charge in [0.1, 0.15) is 24.2 Å². The Kier molecular flexibility index (Phi) is 11.0. The molecule has 0 radical (unpaired) electrons. The van der Waals surface area contributed by atoms with Crippen molar-refractivity contribution >= 4 is 35.3 Å². The van der Waals surface area contributed by atoms with Gasteiger partial charge in [-0.1, -0.05) is 70.7 Å². The van der Waals surface area contributed by atoms with Crippen LogP contribution in [0.15, 0.2) is 73.4 Å². The van der Waals surface area contributed by atoms with Crippen molar-refractivity contribution in [1.82, 2.24) is 30.5 Å². The van der Waals surface area contributed by atoms with E-state index in [-0.39, 0.29) is 60.6 Å². The average Bonchev–Trinajstić information content (AvgIpc) is 3.76. The lowest BCUT2D eigenvalue weighted by molar-refractivity contribution is -0.158. The number of likely N-dealkylation sites (N-methyl/N-ethyl adjacent to an activating group) is 1. The van der Waals surface area contributed by atoms with Gasteiger partial charge in [0.05, 0.1) is 23.8 Å². The summed E-state index contributed by atoms with van der Waals surface area (Å²) < 4.78 is 12.6. The molecule has 14 nitrogen and oxygen atoms in total. The van der Waals surface area contributed by atoms with Gasteiger partial charge in [-0.15, -0.1) is 0 Å². The topological polar surface area (TPSA) is 154 Å². The number of methoxy groups -OCH3 is 1. The monoisotopic (exact) mass is 857 g/mol. The summed E-state index contributed by atoms with van der Waals surface area (Å²) in [5, 5.41) is 4.55. The second kappa shape index (κ2) is 16.2. The summed E-state index contributed by atoms with van der Waals surface area (Å²) in [6.45, 7) is 13.0. The Bertz CT molecular complexity index is 2360. The van der Waals surface area contributed by atoms with Gasteiger partial charge in [0.2, 0.25) is 17.7 Å². The lowest BCUT2D eigenvalue weighted by Crippen LogP contribution is -2.64. The van der Waals surface area contributed by atoms with E-state index in [1.165, 1.54) is 16.6 Å². The molecule has 63 heavy (non-hydrogen) atoms. The molecule has 332 valence electrons. The van der Waals surface area contributed by atoms with Crippen molar-refractivity contribution < 1.29 is 33.4 Å². The Labute approximate surface area is 369 Å². The van der Waals surface area contributed by atoms with Gasteiger partial charge in [-0.3, -0.25) is 34.0 Å². The first-order chi connectivity index (χ1) is 30.2. The van der Waals surface area contributed by atoms with Gasteiger partial charge < -0.3 is 29.5 Å². The number of fused-ring (bicyclic) bond motifs is 8. The number of ether oxygens (including phenoxy) is 2. The van der Waals surface area contributed by atoms with Crippen molar-refractivity contribution in [3.63, 3.8) is 0 Å². The third-order valence-electron chi connectivity index (χ3n) is 14.7. The molecule has 6 aliphatic rings.